The Morgan fingerprint density at radius 3 is 0.970 bits per heavy atom. The molecule has 1 nitrogen and oxygen atoms in total. The number of hydrogen-bond donors (Lipinski definition) is 1. The van der Waals surface area contributed by atoms with Gasteiger partial charge in [-0.1, -0.05) is 133 Å². The Bertz CT molecular complexity index is 389. The van der Waals surface area contributed by atoms with Gasteiger partial charge in [-0.15, -0.1) is 0 Å². The largest absolute Gasteiger partial charge is 0.393 e. The van der Waals surface area contributed by atoms with Gasteiger partial charge < -0.3 is 5.11 Å². The van der Waals surface area contributed by atoms with Crippen molar-refractivity contribution in [2.24, 2.45) is 41.4 Å². The summed E-state index contributed by atoms with van der Waals surface area (Å²) in [6, 6.07) is 0. The van der Waals surface area contributed by atoms with Crippen molar-refractivity contribution >= 4 is 0 Å². The summed E-state index contributed by atoms with van der Waals surface area (Å²) in [5.41, 5.74) is 0. The molecule has 0 bridgehead atoms. The third kappa shape index (κ3) is 21.0. The first kappa shape index (κ1) is 33.0. The Hall–Kier alpha value is -0.0400. The molecule has 33 heavy (non-hydrogen) atoms. The molecule has 0 aliphatic carbocycles. The van der Waals surface area contributed by atoms with Crippen LogP contribution in [0.5, 0.6) is 0 Å². The lowest BCUT2D eigenvalue weighted by Gasteiger charge is -2.27. The Morgan fingerprint density at radius 1 is 0.364 bits per heavy atom. The fourth-order valence-electron chi connectivity index (χ4n) is 5.27. The molecule has 0 aromatic heterocycles. The van der Waals surface area contributed by atoms with Crippen molar-refractivity contribution in [3.8, 4) is 0 Å². The van der Waals surface area contributed by atoms with Crippen LogP contribution in [0, 0.1) is 41.4 Å². The summed E-state index contributed by atoms with van der Waals surface area (Å²) in [5, 5.41) is 11.2. The van der Waals surface area contributed by atoms with Gasteiger partial charge in [0.2, 0.25) is 0 Å². The van der Waals surface area contributed by atoms with E-state index in [1.807, 2.05) is 0 Å². The zero-order chi connectivity index (χ0) is 25.2. The lowest BCUT2D eigenvalue weighted by atomic mass is 9.82. The second-order valence-corrected chi connectivity index (χ2v) is 13.3. The fraction of sp³-hybridized carbons (Fsp3) is 1.00. The van der Waals surface area contributed by atoms with Crippen LogP contribution in [0.3, 0.4) is 0 Å². The van der Waals surface area contributed by atoms with Crippen LogP contribution in [0.1, 0.15) is 159 Å². The fourth-order valence-corrected chi connectivity index (χ4v) is 5.27. The van der Waals surface area contributed by atoms with Gasteiger partial charge in [0.25, 0.3) is 0 Å². The molecule has 0 aromatic rings. The SMILES string of the molecule is CC(C)CCCC(C)CCC(O)C(CCC(C)CCCC(C)C)CCC(C)CCCC(C)C. The Kier molecular flexibility index (Phi) is 20.2. The molecule has 4 unspecified atom stereocenters. The minimum atomic E-state index is -0.0942. The number of aliphatic hydroxyl groups is 1. The molecule has 0 radical (unpaired) electrons. The second-order valence-electron chi connectivity index (χ2n) is 13.3. The van der Waals surface area contributed by atoms with Gasteiger partial charge in [0, 0.05) is 0 Å². The lowest BCUT2D eigenvalue weighted by molar-refractivity contribution is 0.0749. The molecular formula is C32H66O. The number of rotatable bonds is 22. The van der Waals surface area contributed by atoms with Crippen molar-refractivity contribution in [3.05, 3.63) is 0 Å². The van der Waals surface area contributed by atoms with Gasteiger partial charge in [-0.05, 0) is 67.1 Å². The summed E-state index contributed by atoms with van der Waals surface area (Å²) < 4.78 is 0. The highest BCUT2D eigenvalue weighted by Gasteiger charge is 2.21. The molecular weight excluding hydrogens is 400 g/mol. The van der Waals surface area contributed by atoms with E-state index in [4.69, 9.17) is 0 Å². The van der Waals surface area contributed by atoms with Crippen LogP contribution in [0.25, 0.3) is 0 Å². The molecule has 1 N–H and O–H groups in total. The highest BCUT2D eigenvalue weighted by molar-refractivity contribution is 4.73. The van der Waals surface area contributed by atoms with Crippen LogP contribution in [-0.4, -0.2) is 11.2 Å². The van der Waals surface area contributed by atoms with Crippen LogP contribution in [0.4, 0.5) is 0 Å². The first-order valence-electron chi connectivity index (χ1n) is 15.2. The van der Waals surface area contributed by atoms with E-state index in [2.05, 4.69) is 62.3 Å². The van der Waals surface area contributed by atoms with Crippen LogP contribution in [-0.2, 0) is 0 Å². The van der Waals surface area contributed by atoms with E-state index in [1.165, 1.54) is 89.9 Å². The van der Waals surface area contributed by atoms with Gasteiger partial charge in [0.1, 0.15) is 0 Å². The van der Waals surface area contributed by atoms with E-state index in [9.17, 15) is 5.11 Å². The minimum Gasteiger partial charge on any atom is -0.393 e. The Balaban J connectivity index is 4.57. The maximum atomic E-state index is 11.2. The van der Waals surface area contributed by atoms with Crippen LogP contribution in [0.2, 0.25) is 0 Å². The lowest BCUT2D eigenvalue weighted by Crippen LogP contribution is -2.23. The monoisotopic (exact) mass is 467 g/mol. The quantitative estimate of drug-likeness (QED) is 0.168. The van der Waals surface area contributed by atoms with Crippen molar-refractivity contribution in [1.29, 1.82) is 0 Å². The summed E-state index contributed by atoms with van der Waals surface area (Å²) in [6.07, 6.45) is 19.4. The van der Waals surface area contributed by atoms with Crippen molar-refractivity contribution in [1.82, 2.24) is 0 Å². The maximum absolute atomic E-state index is 11.2. The number of aliphatic hydroxyl groups excluding tert-OH is 1. The molecule has 0 fully saturated rings. The van der Waals surface area contributed by atoms with Crippen molar-refractivity contribution in [2.75, 3.05) is 0 Å². The first-order valence-corrected chi connectivity index (χ1v) is 15.2. The smallest absolute Gasteiger partial charge is 0.0568 e. The van der Waals surface area contributed by atoms with Crippen molar-refractivity contribution in [3.63, 3.8) is 0 Å². The third-order valence-corrected chi connectivity index (χ3v) is 8.00. The van der Waals surface area contributed by atoms with Crippen LogP contribution >= 0.6 is 0 Å². The van der Waals surface area contributed by atoms with E-state index < -0.39 is 0 Å². The van der Waals surface area contributed by atoms with E-state index >= 15 is 0 Å². The summed E-state index contributed by atoms with van der Waals surface area (Å²) in [7, 11) is 0. The summed E-state index contributed by atoms with van der Waals surface area (Å²) in [4.78, 5) is 0. The highest BCUT2D eigenvalue weighted by atomic mass is 16.3. The van der Waals surface area contributed by atoms with Gasteiger partial charge >= 0.3 is 0 Å². The molecule has 0 amide bonds. The molecule has 200 valence electrons. The predicted molar refractivity (Wildman–Crippen MR) is 151 cm³/mol. The second kappa shape index (κ2) is 20.2. The molecule has 1 heteroatoms. The van der Waals surface area contributed by atoms with E-state index in [0.29, 0.717) is 5.92 Å². The molecule has 0 aliphatic heterocycles. The average Bonchev–Trinajstić information content (AvgIpc) is 2.71. The summed E-state index contributed by atoms with van der Waals surface area (Å²) in [6.45, 7) is 21.3. The van der Waals surface area contributed by atoms with Crippen molar-refractivity contribution in [2.45, 2.75) is 165 Å². The highest BCUT2D eigenvalue weighted by Crippen LogP contribution is 2.29. The number of hydrogen-bond acceptors (Lipinski definition) is 1. The van der Waals surface area contributed by atoms with Crippen LogP contribution < -0.4 is 0 Å². The van der Waals surface area contributed by atoms with Gasteiger partial charge in [0.05, 0.1) is 6.10 Å². The van der Waals surface area contributed by atoms with Gasteiger partial charge in [-0.25, -0.2) is 0 Å². The minimum absolute atomic E-state index is 0.0942. The van der Waals surface area contributed by atoms with E-state index in [-0.39, 0.29) is 6.10 Å². The predicted octanol–water partition coefficient (Wildman–Crippen LogP) is 10.7. The summed E-state index contributed by atoms with van der Waals surface area (Å²) >= 11 is 0. The van der Waals surface area contributed by atoms with Crippen molar-refractivity contribution < 1.29 is 5.11 Å². The standard InChI is InChI=1S/C32H66O/c1-25(2)13-10-16-28(7)19-22-31(23-20-29(8)17-11-14-26(3)4)32(33)24-21-30(9)18-12-15-27(5)6/h25-33H,10-24H2,1-9H3. The maximum Gasteiger partial charge on any atom is 0.0568 e. The van der Waals surface area contributed by atoms with Gasteiger partial charge in [0.15, 0.2) is 0 Å². The Labute approximate surface area is 211 Å². The topological polar surface area (TPSA) is 20.2 Å². The van der Waals surface area contributed by atoms with Gasteiger partial charge in [-0.2, -0.15) is 0 Å². The normalized spacial score (nSPS) is 17.0. The average molecular weight is 467 g/mol. The van der Waals surface area contributed by atoms with Gasteiger partial charge in [-0.3, -0.25) is 0 Å². The molecule has 0 saturated heterocycles. The van der Waals surface area contributed by atoms with E-state index in [0.717, 1.165) is 41.9 Å². The molecule has 0 aliphatic rings. The molecule has 0 rings (SSSR count). The third-order valence-electron chi connectivity index (χ3n) is 8.00. The zero-order valence-corrected chi connectivity index (χ0v) is 24.7. The van der Waals surface area contributed by atoms with Crippen LogP contribution in [0.15, 0.2) is 0 Å². The summed E-state index contributed by atoms with van der Waals surface area (Å²) in [5.74, 6) is 5.33. The first-order chi connectivity index (χ1) is 15.5. The molecule has 0 aromatic carbocycles. The van der Waals surface area contributed by atoms with E-state index in [1.54, 1.807) is 0 Å². The molecule has 0 saturated carbocycles. The zero-order valence-electron chi connectivity index (χ0n) is 24.7. The molecule has 0 heterocycles. The molecule has 4 atom stereocenters. The molecule has 0 spiro atoms. The Morgan fingerprint density at radius 2 is 0.667 bits per heavy atom.